The molecule has 5 aromatic carbocycles. The molecule has 1 nitrogen and oxygen atoms in total. The lowest BCUT2D eigenvalue weighted by atomic mass is 9.94. The van der Waals surface area contributed by atoms with Gasteiger partial charge in [-0.1, -0.05) is 54.6 Å². The molecule has 5 aromatic rings. The van der Waals surface area contributed by atoms with Gasteiger partial charge in [0.25, 0.3) is 0 Å². The second-order valence-electron chi connectivity index (χ2n) is 6.86. The maximum absolute atomic E-state index is 2.34. The van der Waals surface area contributed by atoms with Gasteiger partial charge in [0.1, 0.15) is 0 Å². The van der Waals surface area contributed by atoms with E-state index in [-0.39, 0.29) is 0 Å². The first-order valence-electron chi connectivity index (χ1n) is 9.05. The van der Waals surface area contributed by atoms with E-state index in [9.17, 15) is 0 Å². The van der Waals surface area contributed by atoms with Crippen molar-refractivity contribution in [2.75, 3.05) is 11.9 Å². The first-order chi connectivity index (χ1) is 13.2. The molecule has 0 fully saturated rings. The van der Waals surface area contributed by atoms with Crippen molar-refractivity contribution in [1.82, 2.24) is 0 Å². The van der Waals surface area contributed by atoms with E-state index in [0.29, 0.717) is 0 Å². The van der Waals surface area contributed by atoms with Crippen LogP contribution in [-0.4, -0.2) is 7.05 Å². The fourth-order valence-electron chi connectivity index (χ4n) is 3.92. The highest BCUT2D eigenvalue weighted by Gasteiger charge is 2.10. The summed E-state index contributed by atoms with van der Waals surface area (Å²) in [7, 11) is 2.13. The molecule has 0 saturated carbocycles. The summed E-state index contributed by atoms with van der Waals surface area (Å²) in [6.07, 6.45) is 0. The van der Waals surface area contributed by atoms with Crippen molar-refractivity contribution in [3.8, 4) is 0 Å². The number of halogens is 1. The van der Waals surface area contributed by atoms with Gasteiger partial charge in [0, 0.05) is 22.0 Å². The number of benzene rings is 5. The molecule has 0 heterocycles. The molecule has 0 atom stereocenters. The number of fused-ring (bicyclic) bond motifs is 6. The van der Waals surface area contributed by atoms with Crippen LogP contribution in [0.4, 0.5) is 11.4 Å². The topological polar surface area (TPSA) is 3.24 Å². The summed E-state index contributed by atoms with van der Waals surface area (Å²) in [5, 5.41) is 7.87. The van der Waals surface area contributed by atoms with Crippen molar-refractivity contribution in [2.45, 2.75) is 0 Å². The number of anilines is 2. The molecule has 0 aromatic heterocycles. The van der Waals surface area contributed by atoms with Gasteiger partial charge >= 0.3 is 0 Å². The second kappa shape index (κ2) is 6.54. The smallest absolute Gasteiger partial charge is 0.0414 e. The SMILES string of the molecule is CN(c1ccc(I)cc1)c1ccc2c3ccccc3c3ccccc3c2c1. The summed E-state index contributed by atoms with van der Waals surface area (Å²) < 4.78 is 1.25. The fourth-order valence-corrected chi connectivity index (χ4v) is 4.28. The monoisotopic (exact) mass is 459 g/mol. The maximum Gasteiger partial charge on any atom is 0.0414 e. The van der Waals surface area contributed by atoms with Crippen LogP contribution < -0.4 is 4.90 Å². The Morgan fingerprint density at radius 2 is 0.963 bits per heavy atom. The zero-order valence-corrected chi connectivity index (χ0v) is 17.1. The zero-order valence-electron chi connectivity index (χ0n) is 15.0. The van der Waals surface area contributed by atoms with Gasteiger partial charge in [-0.2, -0.15) is 0 Å². The molecule has 5 rings (SSSR count). The highest BCUT2D eigenvalue weighted by atomic mass is 127. The molecule has 130 valence electrons. The Morgan fingerprint density at radius 1 is 0.519 bits per heavy atom. The third kappa shape index (κ3) is 2.76. The minimum atomic E-state index is 1.19. The van der Waals surface area contributed by atoms with Gasteiger partial charge in [-0.15, -0.1) is 0 Å². The lowest BCUT2D eigenvalue weighted by molar-refractivity contribution is 1.21. The van der Waals surface area contributed by atoms with Crippen LogP contribution in [-0.2, 0) is 0 Å². The van der Waals surface area contributed by atoms with Gasteiger partial charge in [-0.3, -0.25) is 0 Å². The molecule has 0 aliphatic carbocycles. The summed E-state index contributed by atoms with van der Waals surface area (Å²) >= 11 is 2.34. The number of nitrogens with zero attached hydrogens (tertiary/aromatic N) is 1. The van der Waals surface area contributed by atoms with Crippen LogP contribution in [0.25, 0.3) is 32.3 Å². The van der Waals surface area contributed by atoms with Gasteiger partial charge in [0.05, 0.1) is 0 Å². The van der Waals surface area contributed by atoms with Gasteiger partial charge < -0.3 is 4.90 Å². The molecular weight excluding hydrogens is 441 g/mol. The lowest BCUT2D eigenvalue weighted by Crippen LogP contribution is -2.09. The molecule has 0 aliphatic heterocycles. The van der Waals surface area contributed by atoms with Gasteiger partial charge in [-0.25, -0.2) is 0 Å². The minimum absolute atomic E-state index is 1.19. The van der Waals surface area contributed by atoms with Crippen LogP contribution in [0.3, 0.4) is 0 Å². The predicted molar refractivity (Wildman–Crippen MR) is 126 cm³/mol. The Morgan fingerprint density at radius 3 is 1.52 bits per heavy atom. The van der Waals surface area contributed by atoms with E-state index < -0.39 is 0 Å². The summed E-state index contributed by atoms with van der Waals surface area (Å²) in [6.45, 7) is 0. The van der Waals surface area contributed by atoms with Gasteiger partial charge in [0.2, 0.25) is 0 Å². The number of hydrogen-bond acceptors (Lipinski definition) is 1. The molecule has 0 unspecified atom stereocenters. The molecule has 2 heteroatoms. The Labute approximate surface area is 172 Å². The summed E-state index contributed by atoms with van der Waals surface area (Å²) in [6, 6.07) is 32.9. The van der Waals surface area contributed by atoms with Crippen LogP contribution in [0.15, 0.2) is 91.0 Å². The molecule has 0 amide bonds. The summed E-state index contributed by atoms with van der Waals surface area (Å²) in [5.41, 5.74) is 2.39. The zero-order chi connectivity index (χ0) is 18.4. The fraction of sp³-hybridized carbons (Fsp3) is 0.0400. The number of rotatable bonds is 2. The van der Waals surface area contributed by atoms with Crippen LogP contribution in [0.1, 0.15) is 0 Å². The van der Waals surface area contributed by atoms with Crippen molar-refractivity contribution < 1.29 is 0 Å². The van der Waals surface area contributed by atoms with Crippen LogP contribution in [0.5, 0.6) is 0 Å². The quantitative estimate of drug-likeness (QED) is 0.195. The van der Waals surface area contributed by atoms with E-state index in [1.165, 1.54) is 47.3 Å². The van der Waals surface area contributed by atoms with Crippen molar-refractivity contribution in [3.05, 3.63) is 94.6 Å². The molecule has 0 radical (unpaired) electrons. The average molecular weight is 459 g/mol. The highest BCUT2D eigenvalue weighted by molar-refractivity contribution is 14.1. The normalized spacial score (nSPS) is 11.3. The first-order valence-corrected chi connectivity index (χ1v) is 10.1. The van der Waals surface area contributed by atoms with E-state index in [0.717, 1.165) is 0 Å². The maximum atomic E-state index is 2.34. The van der Waals surface area contributed by atoms with Crippen molar-refractivity contribution in [1.29, 1.82) is 0 Å². The van der Waals surface area contributed by atoms with E-state index in [4.69, 9.17) is 0 Å². The summed E-state index contributed by atoms with van der Waals surface area (Å²) in [4.78, 5) is 2.25. The van der Waals surface area contributed by atoms with Crippen molar-refractivity contribution in [3.63, 3.8) is 0 Å². The lowest BCUT2D eigenvalue weighted by Gasteiger charge is -2.21. The van der Waals surface area contributed by atoms with Gasteiger partial charge in [-0.05, 0) is 91.3 Å². The molecule has 0 bridgehead atoms. The van der Waals surface area contributed by atoms with Crippen LogP contribution >= 0.6 is 22.6 Å². The van der Waals surface area contributed by atoms with Crippen molar-refractivity contribution in [2.24, 2.45) is 0 Å². The van der Waals surface area contributed by atoms with E-state index in [2.05, 4.69) is 126 Å². The molecule has 0 aliphatic rings. The molecule has 27 heavy (non-hydrogen) atoms. The Balaban J connectivity index is 1.79. The standard InChI is InChI=1S/C25H18IN/c1-27(18-12-10-17(26)11-13-18)19-14-15-24-22-8-3-2-6-20(22)21-7-4-5-9-23(21)25(24)16-19/h2-16H,1H3. The van der Waals surface area contributed by atoms with E-state index in [1.54, 1.807) is 0 Å². The first kappa shape index (κ1) is 16.6. The number of hydrogen-bond donors (Lipinski definition) is 0. The van der Waals surface area contributed by atoms with Crippen molar-refractivity contribution >= 4 is 66.3 Å². The average Bonchev–Trinajstić information content (AvgIpc) is 2.73. The van der Waals surface area contributed by atoms with Crippen LogP contribution in [0.2, 0.25) is 0 Å². The summed E-state index contributed by atoms with van der Waals surface area (Å²) in [5.74, 6) is 0. The molecular formula is C25H18IN. The third-order valence-corrected chi connectivity index (χ3v) is 6.05. The van der Waals surface area contributed by atoms with E-state index in [1.807, 2.05) is 0 Å². The molecule has 0 saturated heterocycles. The molecule has 0 spiro atoms. The second-order valence-corrected chi connectivity index (χ2v) is 8.10. The van der Waals surface area contributed by atoms with E-state index >= 15 is 0 Å². The third-order valence-electron chi connectivity index (χ3n) is 5.33. The predicted octanol–water partition coefficient (Wildman–Crippen LogP) is 7.52. The Kier molecular flexibility index (Phi) is 4.01. The van der Waals surface area contributed by atoms with Gasteiger partial charge in [0.15, 0.2) is 0 Å². The largest absolute Gasteiger partial charge is 0.345 e. The molecule has 0 N–H and O–H groups in total. The Hall–Kier alpha value is -2.59. The highest BCUT2D eigenvalue weighted by Crippen LogP contribution is 2.37. The Bertz CT molecular complexity index is 1250. The minimum Gasteiger partial charge on any atom is -0.345 e. The van der Waals surface area contributed by atoms with Crippen LogP contribution in [0, 0.1) is 3.57 Å².